The number of carbonyl (C=O) groups is 1. The number of benzene rings is 2. The van der Waals surface area contributed by atoms with Crippen LogP contribution in [0.5, 0.6) is 5.75 Å². The number of nitrogens with one attached hydrogen (secondary N) is 2. The Bertz CT molecular complexity index is 1300. The number of carbonyl (C=O) groups excluding carboxylic acids is 1. The Hall–Kier alpha value is -2.31. The molecule has 0 radical (unpaired) electrons. The molecular weight excluding hydrogens is 533 g/mol. The molecule has 0 atom stereocenters. The zero-order valence-corrected chi connectivity index (χ0v) is 22.5. The lowest BCUT2D eigenvalue weighted by Crippen LogP contribution is -2.30. The third-order valence-electron chi connectivity index (χ3n) is 4.90. The first-order chi connectivity index (χ1) is 16.6. The van der Waals surface area contributed by atoms with E-state index in [0.717, 1.165) is 17.3 Å². The summed E-state index contributed by atoms with van der Waals surface area (Å²) in [5.41, 5.74) is 1.12. The zero-order chi connectivity index (χ0) is 25.6. The molecule has 9 nitrogen and oxygen atoms in total. The van der Waals surface area contributed by atoms with E-state index in [2.05, 4.69) is 20.5 Å². The quantitative estimate of drug-likeness (QED) is 0.326. The number of H-pyrrole nitrogens is 1. The fraction of sp³-hybridized carbons (Fsp3) is 0.318. The Balaban J connectivity index is 1.57. The van der Waals surface area contributed by atoms with Gasteiger partial charge in [0.2, 0.25) is 21.1 Å². The Morgan fingerprint density at radius 3 is 2.54 bits per heavy atom. The molecule has 2 aromatic carbocycles. The largest absolute Gasteiger partial charge is 0.486 e. The molecule has 0 aliphatic heterocycles. The zero-order valence-electron chi connectivity index (χ0n) is 19.3. The highest BCUT2D eigenvalue weighted by atomic mass is 35.5. The van der Waals surface area contributed by atoms with Gasteiger partial charge in [0.15, 0.2) is 5.82 Å². The lowest BCUT2D eigenvalue weighted by Gasteiger charge is -2.19. The van der Waals surface area contributed by atoms with E-state index in [4.69, 9.17) is 27.9 Å². The maximum absolute atomic E-state index is 12.8. The first-order valence-electron chi connectivity index (χ1n) is 10.7. The monoisotopic (exact) mass is 557 g/mol. The van der Waals surface area contributed by atoms with Gasteiger partial charge in [-0.05, 0) is 48.9 Å². The predicted molar refractivity (Wildman–Crippen MR) is 138 cm³/mol. The molecular formula is C22H25Cl2N5O4S2. The van der Waals surface area contributed by atoms with Crippen LogP contribution < -0.4 is 10.1 Å². The van der Waals surface area contributed by atoms with E-state index in [9.17, 15) is 13.2 Å². The van der Waals surface area contributed by atoms with Crippen LogP contribution >= 0.6 is 35.0 Å². The fourth-order valence-electron chi connectivity index (χ4n) is 3.06. The summed E-state index contributed by atoms with van der Waals surface area (Å²) in [5.74, 6) is 0.767. The first-order valence-corrected chi connectivity index (χ1v) is 13.8. The van der Waals surface area contributed by atoms with Gasteiger partial charge in [-0.1, -0.05) is 48.8 Å². The molecule has 35 heavy (non-hydrogen) atoms. The minimum atomic E-state index is -3.68. The number of sulfonamides is 1. The number of anilines is 1. The van der Waals surface area contributed by atoms with Crippen molar-refractivity contribution in [3.63, 3.8) is 0 Å². The summed E-state index contributed by atoms with van der Waals surface area (Å²) in [7, 11) is -3.68. The van der Waals surface area contributed by atoms with E-state index in [1.165, 1.54) is 22.5 Å². The summed E-state index contributed by atoms with van der Waals surface area (Å²) in [6.07, 6.45) is 0. The van der Waals surface area contributed by atoms with Gasteiger partial charge < -0.3 is 10.1 Å². The number of halogens is 2. The number of nitrogens with zero attached hydrogens (tertiary/aromatic N) is 3. The van der Waals surface area contributed by atoms with Gasteiger partial charge in [0.1, 0.15) is 12.4 Å². The Labute approximate surface area is 218 Å². The van der Waals surface area contributed by atoms with Crippen molar-refractivity contribution in [3.05, 3.63) is 57.8 Å². The number of rotatable bonds is 11. The lowest BCUT2D eigenvalue weighted by atomic mass is 10.2. The predicted octanol–water partition coefficient (Wildman–Crippen LogP) is 4.76. The topological polar surface area (TPSA) is 117 Å². The molecule has 0 bridgehead atoms. The third kappa shape index (κ3) is 7.11. The number of ether oxygens (including phenoxy) is 1. The van der Waals surface area contributed by atoms with Gasteiger partial charge >= 0.3 is 0 Å². The average molecular weight is 559 g/mol. The van der Waals surface area contributed by atoms with Crippen molar-refractivity contribution in [2.45, 2.75) is 37.4 Å². The molecule has 1 heterocycles. The average Bonchev–Trinajstić information content (AvgIpc) is 3.28. The van der Waals surface area contributed by atoms with Crippen LogP contribution in [0.2, 0.25) is 10.0 Å². The third-order valence-corrected chi connectivity index (χ3v) is 8.55. The molecule has 0 saturated heterocycles. The maximum Gasteiger partial charge on any atom is 0.243 e. The highest BCUT2D eigenvalue weighted by Gasteiger charge is 2.23. The summed E-state index contributed by atoms with van der Waals surface area (Å²) in [5, 5.41) is 10.8. The molecule has 13 heteroatoms. The van der Waals surface area contributed by atoms with Gasteiger partial charge in [-0.3, -0.25) is 9.89 Å². The number of thioether (sulfide) groups is 1. The molecule has 188 valence electrons. The van der Waals surface area contributed by atoms with E-state index < -0.39 is 10.0 Å². The van der Waals surface area contributed by atoms with Crippen LogP contribution in [0.25, 0.3) is 0 Å². The number of aryl methyl sites for hydroxylation is 1. The Morgan fingerprint density at radius 1 is 1.14 bits per heavy atom. The second-order valence-electron chi connectivity index (χ2n) is 7.33. The Kier molecular flexibility index (Phi) is 9.42. The summed E-state index contributed by atoms with van der Waals surface area (Å²) < 4.78 is 32.5. The summed E-state index contributed by atoms with van der Waals surface area (Å²) in [4.78, 5) is 16.8. The van der Waals surface area contributed by atoms with Crippen molar-refractivity contribution < 1.29 is 17.9 Å². The normalized spacial score (nSPS) is 11.6. The molecule has 3 rings (SSSR count). The van der Waals surface area contributed by atoms with Crippen LogP contribution in [0.1, 0.15) is 25.2 Å². The number of amides is 1. The van der Waals surface area contributed by atoms with Crippen LogP contribution in [0, 0.1) is 6.92 Å². The van der Waals surface area contributed by atoms with E-state index in [1.807, 2.05) is 13.0 Å². The van der Waals surface area contributed by atoms with Crippen LogP contribution in [-0.2, 0) is 21.4 Å². The van der Waals surface area contributed by atoms with E-state index in [1.54, 1.807) is 26.0 Å². The molecule has 1 amide bonds. The summed E-state index contributed by atoms with van der Waals surface area (Å²) in [6, 6.07) is 9.57. The second kappa shape index (κ2) is 12.1. The van der Waals surface area contributed by atoms with Crippen LogP contribution in [-0.4, -0.2) is 52.7 Å². The van der Waals surface area contributed by atoms with E-state index in [-0.39, 0.29) is 33.9 Å². The highest BCUT2D eigenvalue weighted by molar-refractivity contribution is 7.99. The minimum absolute atomic E-state index is 0.00210. The molecule has 3 aromatic rings. The molecule has 0 saturated carbocycles. The van der Waals surface area contributed by atoms with Crippen molar-refractivity contribution in [2.24, 2.45) is 0 Å². The van der Waals surface area contributed by atoms with Crippen molar-refractivity contribution >= 4 is 56.6 Å². The van der Waals surface area contributed by atoms with Crippen molar-refractivity contribution in [1.29, 1.82) is 0 Å². The van der Waals surface area contributed by atoms with Crippen LogP contribution in [0.3, 0.4) is 0 Å². The number of hydrogen-bond donors (Lipinski definition) is 2. The fourth-order valence-corrected chi connectivity index (χ4v) is 5.44. The Morgan fingerprint density at radius 2 is 1.86 bits per heavy atom. The summed E-state index contributed by atoms with van der Waals surface area (Å²) >= 11 is 13.3. The van der Waals surface area contributed by atoms with Crippen molar-refractivity contribution in [3.8, 4) is 5.75 Å². The van der Waals surface area contributed by atoms with Crippen molar-refractivity contribution in [1.82, 2.24) is 19.5 Å². The van der Waals surface area contributed by atoms with E-state index >= 15 is 0 Å². The number of aromatic nitrogens is 3. The molecule has 0 spiro atoms. The van der Waals surface area contributed by atoms with Gasteiger partial charge in [0.05, 0.1) is 21.4 Å². The number of aromatic amines is 1. The van der Waals surface area contributed by atoms with Crippen LogP contribution in [0.4, 0.5) is 5.69 Å². The first kappa shape index (κ1) is 27.3. The van der Waals surface area contributed by atoms with Gasteiger partial charge in [-0.25, -0.2) is 13.4 Å². The molecule has 1 aromatic heterocycles. The van der Waals surface area contributed by atoms with Gasteiger partial charge in [0.25, 0.3) is 0 Å². The summed E-state index contributed by atoms with van der Waals surface area (Å²) in [6.45, 7) is 6.25. The van der Waals surface area contributed by atoms with Gasteiger partial charge in [-0.2, -0.15) is 4.31 Å². The molecule has 0 fully saturated rings. The molecule has 0 aliphatic rings. The SMILES string of the molecule is CCN(CC)S(=O)(=O)c1ccc(Cl)c(NC(=O)CSc2n[nH]c(COc3ccc(Cl)c(C)c3)n2)c1. The smallest absolute Gasteiger partial charge is 0.243 e. The van der Waals surface area contributed by atoms with Crippen molar-refractivity contribution in [2.75, 3.05) is 24.2 Å². The second-order valence-corrected chi connectivity index (χ2v) is 11.0. The molecule has 2 N–H and O–H groups in total. The maximum atomic E-state index is 12.8. The molecule has 0 aliphatic carbocycles. The minimum Gasteiger partial charge on any atom is -0.486 e. The molecule has 0 unspecified atom stereocenters. The highest BCUT2D eigenvalue weighted by Crippen LogP contribution is 2.27. The van der Waals surface area contributed by atoms with Gasteiger partial charge in [0, 0.05) is 18.1 Å². The number of hydrogen-bond acceptors (Lipinski definition) is 7. The standard InChI is InChI=1S/C22H25Cl2N5O4S2/c1-4-29(5-2)35(31,32)16-7-9-18(24)19(11-16)25-21(30)13-34-22-26-20(27-28-22)12-33-15-6-8-17(23)14(3)10-15/h6-11H,4-5,12-13H2,1-3H3,(H,25,30)(H,26,27,28). The van der Waals surface area contributed by atoms with Crippen LogP contribution in [0.15, 0.2) is 46.5 Å². The van der Waals surface area contributed by atoms with Gasteiger partial charge in [-0.15, -0.1) is 5.10 Å². The van der Waals surface area contributed by atoms with E-state index in [0.29, 0.717) is 34.8 Å². The lowest BCUT2D eigenvalue weighted by molar-refractivity contribution is -0.113.